The number of anilines is 1. The molecule has 16 heteroatoms. The van der Waals surface area contributed by atoms with Gasteiger partial charge in [-0.1, -0.05) is 45.9 Å². The summed E-state index contributed by atoms with van der Waals surface area (Å²) in [5, 5.41) is 50.5. The number of nitrogens with zero attached hydrogens (tertiary/aromatic N) is 4. The van der Waals surface area contributed by atoms with E-state index in [1.165, 1.54) is 27.2 Å². The summed E-state index contributed by atoms with van der Waals surface area (Å²) >= 11 is 0. The van der Waals surface area contributed by atoms with Crippen LogP contribution in [0.4, 0.5) is 5.69 Å². The second kappa shape index (κ2) is 18.2. The van der Waals surface area contributed by atoms with Gasteiger partial charge in [-0.25, -0.2) is 0 Å². The van der Waals surface area contributed by atoms with Gasteiger partial charge >= 0.3 is 11.8 Å². The van der Waals surface area contributed by atoms with Crippen LogP contribution in [0.15, 0.2) is 46.1 Å². The van der Waals surface area contributed by atoms with Gasteiger partial charge in [0.05, 0.1) is 40.9 Å². The molecule has 9 atom stereocenters. The monoisotopic (exact) mass is 887 g/mol. The molecule has 0 aliphatic carbocycles. The van der Waals surface area contributed by atoms with Crippen molar-refractivity contribution < 1.29 is 53.8 Å². The summed E-state index contributed by atoms with van der Waals surface area (Å²) < 4.78 is 24.1. The minimum absolute atomic E-state index is 0.0425. The summed E-state index contributed by atoms with van der Waals surface area (Å²) in [5.41, 5.74) is -0.556. The number of esters is 1. The Bertz CT molecular complexity index is 2400. The van der Waals surface area contributed by atoms with Crippen molar-refractivity contribution in [3.63, 3.8) is 0 Å². The maximum atomic E-state index is 14.8. The number of piperidine rings is 2. The molecule has 5 heterocycles. The lowest BCUT2D eigenvalue weighted by Crippen LogP contribution is -2.50. The second-order valence-corrected chi connectivity index (χ2v) is 18.8. The maximum absolute atomic E-state index is 14.8. The van der Waals surface area contributed by atoms with E-state index in [1.54, 1.807) is 65.8 Å². The number of ketones is 1. The first-order valence-corrected chi connectivity index (χ1v) is 22.5. The molecule has 1 spiro atoms. The predicted molar refractivity (Wildman–Crippen MR) is 239 cm³/mol. The van der Waals surface area contributed by atoms with Gasteiger partial charge in [0.2, 0.25) is 0 Å². The number of hydrogen-bond acceptors (Lipinski definition) is 15. The van der Waals surface area contributed by atoms with E-state index >= 15 is 0 Å². The highest BCUT2D eigenvalue weighted by Crippen LogP contribution is 2.50. The van der Waals surface area contributed by atoms with E-state index in [9.17, 15) is 34.8 Å². The number of aliphatic hydroxyl groups is 2. The largest absolute Gasteiger partial charge is 0.507 e. The molecular formula is C48H65N5O11. The van der Waals surface area contributed by atoms with E-state index in [4.69, 9.17) is 28.9 Å². The van der Waals surface area contributed by atoms with Crippen LogP contribution < -0.4 is 20.8 Å². The number of carbonyl (C=O) groups excluding carboxylic acids is 3. The van der Waals surface area contributed by atoms with Crippen LogP contribution in [-0.4, -0.2) is 130 Å². The summed E-state index contributed by atoms with van der Waals surface area (Å²) in [6, 6.07) is 0.445. The number of nitrogens with one attached hydrogen (secondary N) is 1. The van der Waals surface area contributed by atoms with E-state index in [0.717, 1.165) is 39.0 Å². The number of aromatic hydroxyl groups is 2. The number of rotatable bonds is 3. The first-order chi connectivity index (χ1) is 30.2. The molecule has 2 aromatic rings. The highest BCUT2D eigenvalue weighted by molar-refractivity contribution is 6.19. The summed E-state index contributed by atoms with van der Waals surface area (Å²) in [4.78, 5) is 56.5. The molecular weight excluding hydrogens is 823 g/mol. The van der Waals surface area contributed by atoms with Crippen LogP contribution >= 0.6 is 0 Å². The van der Waals surface area contributed by atoms with Gasteiger partial charge in [-0.2, -0.15) is 0 Å². The van der Waals surface area contributed by atoms with Crippen LogP contribution in [0.1, 0.15) is 90.1 Å². The Hall–Kier alpha value is -4.87. The molecule has 4 bridgehead atoms. The number of phenols is 2. The van der Waals surface area contributed by atoms with Crippen LogP contribution in [0, 0.1) is 30.6 Å². The van der Waals surface area contributed by atoms with E-state index in [2.05, 4.69) is 22.2 Å². The number of likely N-dealkylation sites (tertiary alicyclic amines) is 2. The van der Waals surface area contributed by atoms with Crippen molar-refractivity contribution in [1.29, 1.82) is 0 Å². The fourth-order valence-electron chi connectivity index (χ4n) is 10.2. The Morgan fingerprint density at radius 3 is 2.20 bits per heavy atom. The van der Waals surface area contributed by atoms with Gasteiger partial charge in [0.25, 0.3) is 11.7 Å². The van der Waals surface area contributed by atoms with Crippen molar-refractivity contribution in [2.75, 3.05) is 45.7 Å². The Morgan fingerprint density at radius 2 is 1.56 bits per heavy atom. The molecule has 0 aromatic heterocycles. The van der Waals surface area contributed by atoms with Crippen LogP contribution in [0.3, 0.4) is 0 Å². The summed E-state index contributed by atoms with van der Waals surface area (Å²) in [6.07, 6.45) is 7.23. The first kappa shape index (κ1) is 47.1. The van der Waals surface area contributed by atoms with E-state index in [1.807, 2.05) is 0 Å². The van der Waals surface area contributed by atoms with Crippen molar-refractivity contribution in [3.8, 4) is 17.2 Å². The predicted octanol–water partition coefficient (Wildman–Crippen LogP) is 4.19. The van der Waals surface area contributed by atoms with Gasteiger partial charge in [0.15, 0.2) is 11.4 Å². The molecule has 5 aliphatic rings. The molecule has 16 nitrogen and oxygen atoms in total. The molecule has 2 saturated heterocycles. The number of phenolic OH excluding ortho intramolecular Hbond substituents is 2. The number of carbonyl (C=O) groups is 3. The summed E-state index contributed by atoms with van der Waals surface area (Å²) in [7, 11) is 3.61. The number of allylic oxidation sites excluding steroid dienone is 2. The molecule has 0 saturated carbocycles. The third-order valence-electron chi connectivity index (χ3n) is 14.4. The lowest BCUT2D eigenvalue weighted by molar-refractivity contribution is -0.160. The zero-order valence-corrected chi connectivity index (χ0v) is 38.7. The summed E-state index contributed by atoms with van der Waals surface area (Å²) in [5.74, 6) is -6.88. The minimum Gasteiger partial charge on any atom is -0.507 e. The molecule has 1 amide bonds. The minimum atomic E-state index is -1.96. The Morgan fingerprint density at radius 1 is 0.906 bits per heavy atom. The zero-order valence-electron chi connectivity index (χ0n) is 38.7. The number of aliphatic hydroxyl groups excluding tert-OH is 2. The third kappa shape index (κ3) is 8.55. The molecule has 2 fully saturated rings. The smallest absolute Gasteiger partial charge is 0.312 e. The summed E-state index contributed by atoms with van der Waals surface area (Å²) in [6.45, 7) is 16.4. The zero-order chi connectivity index (χ0) is 46.6. The maximum Gasteiger partial charge on any atom is 0.312 e. The van der Waals surface area contributed by atoms with Crippen molar-refractivity contribution >= 4 is 34.1 Å². The number of hydrogen-bond donors (Lipinski definition) is 5. The van der Waals surface area contributed by atoms with Gasteiger partial charge < -0.3 is 49.6 Å². The van der Waals surface area contributed by atoms with Crippen molar-refractivity contribution in [1.82, 2.24) is 9.80 Å². The van der Waals surface area contributed by atoms with Crippen LogP contribution in [-0.2, 0) is 23.8 Å². The number of amides is 1. The van der Waals surface area contributed by atoms with Crippen molar-refractivity contribution in [2.24, 2.45) is 33.7 Å². The standard InChI is InChI=1S/C48H65N5O11/c1-24-12-11-13-25(2)46(60)49-38-37-36(50-48(51-37)17-21-53(22-18-48)31-14-19-52(9)20-15-31)33-34(42(38)58)41(57)29(6)44-35(33)45(59)47(8,64-44)62-23-16-32(61-10)26(3)43(63-30(7)54)28(5)40(56)27(4)39(24)55/h11-13,16,23-24,26-28,31-32,39-40,43,55-58H,14-15,17-22H2,1-10H3,(H,49,60)/b12-11+,23-16+,25-13-/t24-,26+,27+,28+,32-,39-,40+,43+,47-/m0/s1. The second-order valence-electron chi connectivity index (χ2n) is 18.8. The van der Waals surface area contributed by atoms with Crippen LogP contribution in [0.5, 0.6) is 17.2 Å². The Labute approximate surface area is 374 Å². The molecule has 5 N–H and O–H groups in total. The van der Waals surface area contributed by atoms with E-state index in [0.29, 0.717) is 18.9 Å². The topological polar surface area (TPSA) is 212 Å². The van der Waals surface area contributed by atoms with Crippen molar-refractivity contribution in [2.45, 2.75) is 123 Å². The molecule has 348 valence electrons. The fraction of sp³-hybridized carbons (Fsp3) is 0.604. The normalized spacial score (nSPS) is 33.7. The lowest BCUT2D eigenvalue weighted by atomic mass is 9.78. The van der Waals surface area contributed by atoms with Crippen molar-refractivity contribution in [3.05, 3.63) is 58.0 Å². The Balaban J connectivity index is 1.37. The van der Waals surface area contributed by atoms with Gasteiger partial charge in [0, 0.05) is 93.1 Å². The molecule has 2 aromatic carbocycles. The fourth-order valence-corrected chi connectivity index (χ4v) is 10.2. The lowest BCUT2D eigenvalue weighted by Gasteiger charge is -2.42. The highest BCUT2D eigenvalue weighted by Gasteiger charge is 2.50. The SMILES string of the molecule is CO[C@H]1/C=C/O[C@@]2(C)Oc3c(C)c(O)c4c(O)c(c5c(c4c3C2=O)=NC2(CCN(C3CCN(C)CC3)CC2)N=5)NC(=O)/C(C)=C\C=C\[C@H](C)[C@H](O)[C@@H](C)[C@@H](O)[C@@H](C)[C@H](OC(C)=O)[C@@H]1C. The number of fused-ring (bicyclic) bond motifs is 1. The highest BCUT2D eigenvalue weighted by atomic mass is 16.7. The molecule has 5 aliphatic heterocycles. The molecule has 0 unspecified atom stereocenters. The van der Waals surface area contributed by atoms with Gasteiger partial charge in [-0.15, -0.1) is 0 Å². The van der Waals surface area contributed by atoms with Crippen LogP contribution in [0.25, 0.3) is 10.8 Å². The number of ether oxygens (including phenoxy) is 4. The first-order valence-electron chi connectivity index (χ1n) is 22.5. The quantitative estimate of drug-likeness (QED) is 0.217. The van der Waals surface area contributed by atoms with E-state index in [-0.39, 0.29) is 55.4 Å². The van der Waals surface area contributed by atoms with E-state index < -0.39 is 82.9 Å². The average molecular weight is 888 g/mol. The number of benzene rings is 2. The van der Waals surface area contributed by atoms with Gasteiger partial charge in [-0.3, -0.25) is 29.3 Å². The molecule has 7 rings (SSSR count). The van der Waals surface area contributed by atoms with Gasteiger partial charge in [-0.05, 0) is 52.9 Å². The van der Waals surface area contributed by atoms with Crippen LogP contribution in [0.2, 0.25) is 0 Å². The van der Waals surface area contributed by atoms with Gasteiger partial charge in [0.1, 0.15) is 28.6 Å². The molecule has 64 heavy (non-hydrogen) atoms. The third-order valence-corrected chi connectivity index (χ3v) is 14.4. The number of Topliss-reactive ketones (excluding diaryl/α,β-unsaturated/α-hetero) is 1. The Kier molecular flexibility index (Phi) is 13.4. The molecule has 0 radical (unpaired) electrons. The average Bonchev–Trinajstić information content (AvgIpc) is 3.76. The number of methoxy groups -OCH3 is 1.